The first-order chi connectivity index (χ1) is 14.3. The predicted octanol–water partition coefficient (Wildman–Crippen LogP) is 5.99. The van der Waals surface area contributed by atoms with Crippen molar-refractivity contribution in [1.82, 2.24) is 0 Å². The minimum absolute atomic E-state index is 1.27. The van der Waals surface area contributed by atoms with Crippen LogP contribution in [0.3, 0.4) is 0 Å². The summed E-state index contributed by atoms with van der Waals surface area (Å²) in [6, 6.07) is 0. The monoisotopic (exact) mass is 725 g/mol. The van der Waals surface area contributed by atoms with Crippen LogP contribution in [0.15, 0.2) is 0 Å². The number of quaternary nitrogens is 3. The van der Waals surface area contributed by atoms with Gasteiger partial charge in [-0.3, -0.25) is 0 Å². The average molecular weight is 730 g/mol. The van der Waals surface area contributed by atoms with Crippen LogP contribution in [0.1, 0.15) is 62.3 Å². The van der Waals surface area contributed by atoms with E-state index in [2.05, 4.69) is 62.3 Å². The molecular weight excluding hydrogens is 681 g/mol. The molecule has 0 saturated heterocycles. The summed E-state index contributed by atoms with van der Waals surface area (Å²) in [6.07, 6.45) is 0. The van der Waals surface area contributed by atoms with E-state index in [1.807, 2.05) is 0 Å². The Hall–Kier alpha value is 3.55. The summed E-state index contributed by atoms with van der Waals surface area (Å²) in [7, 11) is 38.1. The molecule has 0 aliphatic rings. The van der Waals surface area contributed by atoms with E-state index in [0.717, 1.165) is 0 Å². The van der Waals surface area contributed by atoms with Crippen molar-refractivity contribution in [3.63, 3.8) is 0 Å². The molecular formula is C18H48Cl9Cr2N3. The van der Waals surface area contributed by atoms with Crippen molar-refractivity contribution in [2.24, 2.45) is 0 Å². The van der Waals surface area contributed by atoms with Gasteiger partial charge in [0.15, 0.2) is 0 Å². The fraction of sp³-hybridized carbons (Fsp3) is 1.00. The number of rotatable bonds is 9. The van der Waals surface area contributed by atoms with Gasteiger partial charge >= 0.3 is 107 Å². The zero-order valence-electron chi connectivity index (χ0n) is 21.1. The van der Waals surface area contributed by atoms with E-state index in [0.29, 0.717) is 0 Å². The molecule has 0 radical (unpaired) electrons. The summed E-state index contributed by atoms with van der Waals surface area (Å²) < 4.78 is 0. The van der Waals surface area contributed by atoms with E-state index < -0.39 is 16.8 Å². The van der Waals surface area contributed by atoms with Gasteiger partial charge in [-0.25, -0.2) is 0 Å². The Morgan fingerprint density at radius 1 is 0.406 bits per heavy atom. The van der Waals surface area contributed by atoms with Crippen LogP contribution in [0.25, 0.3) is 0 Å². The first kappa shape index (κ1) is 45.5. The molecule has 0 aliphatic carbocycles. The molecule has 0 saturated carbocycles. The predicted molar refractivity (Wildman–Crippen MR) is 150 cm³/mol. The minimum atomic E-state index is -4.01. The molecule has 3 N–H and O–H groups in total. The van der Waals surface area contributed by atoms with Crippen molar-refractivity contribution in [3.8, 4) is 0 Å². The summed E-state index contributed by atoms with van der Waals surface area (Å²) in [5, 5.41) is 0. The summed E-state index contributed by atoms with van der Waals surface area (Å²) in [5.41, 5.74) is 0. The van der Waals surface area contributed by atoms with Gasteiger partial charge in [-0.15, -0.1) is 0 Å². The first-order valence-electron chi connectivity index (χ1n) is 10.9. The van der Waals surface area contributed by atoms with Crippen LogP contribution in [-0.2, 0) is 16.8 Å². The third kappa shape index (κ3) is 76.5. The quantitative estimate of drug-likeness (QED) is 0.258. The van der Waals surface area contributed by atoms with Gasteiger partial charge in [0.05, 0.1) is 58.9 Å². The third-order valence-electron chi connectivity index (χ3n) is 4.50. The normalized spacial score (nSPS) is 12.7. The van der Waals surface area contributed by atoms with Crippen molar-refractivity contribution in [1.29, 1.82) is 0 Å². The van der Waals surface area contributed by atoms with Crippen molar-refractivity contribution < 1.29 is 31.5 Å². The van der Waals surface area contributed by atoms with Gasteiger partial charge < -0.3 is 14.7 Å². The average Bonchev–Trinajstić information content (AvgIpc) is 2.64. The summed E-state index contributed by atoms with van der Waals surface area (Å²) in [6.45, 7) is 31.5. The van der Waals surface area contributed by atoms with Crippen LogP contribution < -0.4 is 14.7 Å². The van der Waals surface area contributed by atoms with E-state index in [-0.39, 0.29) is 0 Å². The van der Waals surface area contributed by atoms with Crippen LogP contribution in [0, 0.1) is 0 Å². The molecule has 0 rings (SSSR count). The van der Waals surface area contributed by atoms with Gasteiger partial charge in [-0.2, -0.15) is 0 Å². The number of hydrogen-bond acceptors (Lipinski definition) is 0. The Bertz CT molecular complexity index is 290. The third-order valence-corrected chi connectivity index (χ3v) is 4.50. The Kier molecular flexibility index (Phi) is 39.2. The first-order valence-corrected chi connectivity index (χ1v) is 26.7. The fourth-order valence-corrected chi connectivity index (χ4v) is 2.25. The molecule has 32 heavy (non-hydrogen) atoms. The standard InChI is InChI=1S/3C6H15N.9ClH.2Cr/c3*1-4-7(5-2)6-3;;;;;;;;;;;/h3*4-6H2,1-3H3;9*1H;;/q;;;;;;;;;;;;2*+3/p-6. The van der Waals surface area contributed by atoms with Crippen molar-refractivity contribution >= 4 is 90.4 Å². The van der Waals surface area contributed by atoms with Crippen molar-refractivity contribution in [2.45, 2.75) is 62.3 Å². The molecule has 0 heterocycles. The Labute approximate surface area is 240 Å². The van der Waals surface area contributed by atoms with Gasteiger partial charge in [0.25, 0.3) is 0 Å². The van der Waals surface area contributed by atoms with Crippen molar-refractivity contribution in [3.05, 3.63) is 0 Å². The second-order valence-electron chi connectivity index (χ2n) is 6.37. The maximum absolute atomic E-state index is 5.01. The van der Waals surface area contributed by atoms with Gasteiger partial charge in [-0.05, 0) is 62.3 Å². The number of halogens is 9. The van der Waals surface area contributed by atoms with E-state index in [1.165, 1.54) is 58.9 Å². The van der Waals surface area contributed by atoms with E-state index in [4.69, 9.17) is 90.4 Å². The van der Waals surface area contributed by atoms with E-state index in [1.54, 1.807) is 14.7 Å². The molecule has 0 unspecified atom stereocenters. The van der Waals surface area contributed by atoms with E-state index in [9.17, 15) is 0 Å². The van der Waals surface area contributed by atoms with Crippen LogP contribution in [-0.4, -0.2) is 58.9 Å². The molecule has 0 amide bonds. The van der Waals surface area contributed by atoms with Gasteiger partial charge in [0.1, 0.15) is 0 Å². The molecule has 0 fully saturated rings. The molecule has 0 bridgehead atoms. The topological polar surface area (TPSA) is 13.3 Å². The Morgan fingerprint density at radius 3 is 0.469 bits per heavy atom. The molecule has 210 valence electrons. The summed E-state index contributed by atoms with van der Waals surface area (Å²) in [5.74, 6) is 0. The fourth-order valence-electron chi connectivity index (χ4n) is 2.25. The van der Waals surface area contributed by atoms with Gasteiger partial charge in [0, 0.05) is 0 Å². The molecule has 0 aromatic heterocycles. The number of nitrogens with one attached hydrogen (secondary N) is 3. The molecule has 0 atom stereocenters. The van der Waals surface area contributed by atoms with Crippen LogP contribution >= 0.6 is 90.4 Å². The summed E-state index contributed by atoms with van der Waals surface area (Å²) >= 11 is 0. The zero-order chi connectivity index (χ0) is 27.0. The van der Waals surface area contributed by atoms with Crippen molar-refractivity contribution in [2.75, 3.05) is 58.9 Å². The Balaban J connectivity index is -0.0000000954. The van der Waals surface area contributed by atoms with Crippen LogP contribution in [0.4, 0.5) is 0 Å². The molecule has 0 spiro atoms. The second-order valence-corrected chi connectivity index (χ2v) is 40.1. The molecule has 0 aromatic carbocycles. The van der Waals surface area contributed by atoms with Gasteiger partial charge in [-0.1, -0.05) is 0 Å². The second kappa shape index (κ2) is 27.6. The zero-order valence-corrected chi connectivity index (χ0v) is 30.4. The molecule has 3 nitrogen and oxygen atoms in total. The number of hydrogen-bond donors (Lipinski definition) is 3. The molecule has 14 heteroatoms. The maximum atomic E-state index is 5.01. The van der Waals surface area contributed by atoms with E-state index >= 15 is 0 Å². The Morgan fingerprint density at radius 2 is 0.469 bits per heavy atom. The van der Waals surface area contributed by atoms with Crippen LogP contribution in [0.5, 0.6) is 0 Å². The van der Waals surface area contributed by atoms with Gasteiger partial charge in [0.2, 0.25) is 0 Å². The summed E-state index contributed by atoms with van der Waals surface area (Å²) in [4.78, 5) is 5.04. The molecule has 0 aromatic rings. The molecule has 0 aliphatic heterocycles. The SMILES string of the molecule is CC[NH+](CC)CC.CC[NH+](CC)CC.CC[NH+](CC)CC.[Cl][Cr-2]([Cl])([Cl])([Cl])[Cl].[Cl][Cr-]([Cl])([Cl])[Cl]. The van der Waals surface area contributed by atoms with Crippen LogP contribution in [0.2, 0.25) is 0 Å².